The van der Waals surface area contributed by atoms with Crippen LogP contribution in [-0.4, -0.2) is 9.97 Å². The third-order valence-corrected chi connectivity index (χ3v) is 3.71. The summed E-state index contributed by atoms with van der Waals surface area (Å²) in [4.78, 5) is 8.73. The van der Waals surface area contributed by atoms with Crippen molar-refractivity contribution in [1.29, 1.82) is 0 Å². The molecule has 0 saturated heterocycles. The first-order valence-electron chi connectivity index (χ1n) is 6.52. The number of nitrogens with zero attached hydrogens (tertiary/aromatic N) is 2. The smallest absolute Gasteiger partial charge is 0.227 e. The molecule has 1 heterocycles. The normalized spacial score (nSPS) is 14.4. The molecular formula is C15H14ClFN2O. The molecule has 0 unspecified atom stereocenters. The summed E-state index contributed by atoms with van der Waals surface area (Å²) in [6.07, 6.45) is 2.18. The molecule has 0 bridgehead atoms. The van der Waals surface area contributed by atoms with Gasteiger partial charge in [0.1, 0.15) is 22.5 Å². The van der Waals surface area contributed by atoms with Crippen molar-refractivity contribution in [1.82, 2.24) is 9.97 Å². The van der Waals surface area contributed by atoms with Crippen molar-refractivity contribution in [2.45, 2.75) is 32.6 Å². The lowest BCUT2D eigenvalue weighted by atomic mass is 10.2. The van der Waals surface area contributed by atoms with Crippen molar-refractivity contribution in [3.05, 3.63) is 46.1 Å². The quantitative estimate of drug-likeness (QED) is 0.778. The molecule has 1 aliphatic rings. The summed E-state index contributed by atoms with van der Waals surface area (Å²) in [6.45, 7) is 3.60. The molecule has 1 aromatic carbocycles. The highest BCUT2D eigenvalue weighted by Crippen LogP contribution is 2.40. The second-order valence-electron chi connectivity index (χ2n) is 5.09. The minimum Gasteiger partial charge on any atom is -0.438 e. The standard InChI is InChI=1S/C15H14ClFN2O/c1-8-7-11(17)5-6-12(8)20-15-9(2)13(16)18-14(19-15)10-3-4-10/h5-7,10H,3-4H2,1-2H3. The van der Waals surface area contributed by atoms with E-state index in [0.29, 0.717) is 33.8 Å². The third kappa shape index (κ3) is 2.61. The van der Waals surface area contributed by atoms with Crippen LogP contribution in [0.1, 0.15) is 35.7 Å². The van der Waals surface area contributed by atoms with Crippen molar-refractivity contribution in [2.24, 2.45) is 0 Å². The first-order chi connectivity index (χ1) is 9.54. The zero-order valence-corrected chi connectivity index (χ0v) is 12.0. The summed E-state index contributed by atoms with van der Waals surface area (Å²) in [5.74, 6) is 1.86. The Morgan fingerprint density at radius 2 is 2.00 bits per heavy atom. The van der Waals surface area contributed by atoms with Crippen LogP contribution in [0, 0.1) is 19.7 Å². The summed E-state index contributed by atoms with van der Waals surface area (Å²) in [5, 5.41) is 0.414. The molecule has 1 aliphatic carbocycles. The topological polar surface area (TPSA) is 35.0 Å². The van der Waals surface area contributed by atoms with Crippen molar-refractivity contribution in [3.8, 4) is 11.6 Å². The first-order valence-corrected chi connectivity index (χ1v) is 6.90. The molecule has 3 rings (SSSR count). The van der Waals surface area contributed by atoms with Crippen molar-refractivity contribution in [3.63, 3.8) is 0 Å². The van der Waals surface area contributed by atoms with Crippen molar-refractivity contribution < 1.29 is 9.13 Å². The lowest BCUT2D eigenvalue weighted by Crippen LogP contribution is -2.00. The van der Waals surface area contributed by atoms with Gasteiger partial charge in [0.05, 0.1) is 0 Å². The molecule has 2 aromatic rings. The van der Waals surface area contributed by atoms with Crippen molar-refractivity contribution in [2.75, 3.05) is 0 Å². The molecule has 0 radical (unpaired) electrons. The Morgan fingerprint density at radius 3 is 2.65 bits per heavy atom. The third-order valence-electron chi connectivity index (χ3n) is 3.35. The monoisotopic (exact) mass is 292 g/mol. The summed E-state index contributed by atoms with van der Waals surface area (Å²) >= 11 is 6.13. The Labute approximate surface area is 121 Å². The van der Waals surface area contributed by atoms with Crippen LogP contribution in [0.2, 0.25) is 5.15 Å². The van der Waals surface area contributed by atoms with E-state index in [0.717, 1.165) is 18.7 Å². The molecule has 0 aliphatic heterocycles. The van der Waals surface area contributed by atoms with E-state index in [1.54, 1.807) is 13.0 Å². The number of aryl methyl sites for hydroxylation is 1. The minimum atomic E-state index is -0.286. The molecule has 5 heteroatoms. The van der Waals surface area contributed by atoms with E-state index in [1.165, 1.54) is 12.1 Å². The maximum atomic E-state index is 13.1. The summed E-state index contributed by atoms with van der Waals surface area (Å²) in [7, 11) is 0. The van der Waals surface area contributed by atoms with E-state index >= 15 is 0 Å². The fourth-order valence-corrected chi connectivity index (χ4v) is 2.11. The maximum Gasteiger partial charge on any atom is 0.227 e. The van der Waals surface area contributed by atoms with Crippen LogP contribution >= 0.6 is 11.6 Å². The second kappa shape index (κ2) is 5.02. The van der Waals surface area contributed by atoms with Gasteiger partial charge in [-0.25, -0.2) is 9.37 Å². The number of ether oxygens (including phenoxy) is 1. The fraction of sp³-hybridized carbons (Fsp3) is 0.333. The molecule has 20 heavy (non-hydrogen) atoms. The average molecular weight is 293 g/mol. The van der Waals surface area contributed by atoms with E-state index in [-0.39, 0.29) is 5.82 Å². The molecule has 1 fully saturated rings. The Bertz CT molecular complexity index is 671. The number of hydrogen-bond acceptors (Lipinski definition) is 3. The first kappa shape index (κ1) is 13.3. The van der Waals surface area contributed by atoms with Gasteiger partial charge in [0, 0.05) is 11.5 Å². The average Bonchev–Trinajstić information content (AvgIpc) is 3.22. The van der Waals surface area contributed by atoms with Crippen LogP contribution in [0.15, 0.2) is 18.2 Å². The van der Waals surface area contributed by atoms with Gasteiger partial charge >= 0.3 is 0 Å². The highest BCUT2D eigenvalue weighted by atomic mass is 35.5. The molecular weight excluding hydrogens is 279 g/mol. The zero-order valence-electron chi connectivity index (χ0n) is 11.3. The summed E-state index contributed by atoms with van der Waals surface area (Å²) in [5.41, 5.74) is 1.41. The molecule has 0 atom stereocenters. The van der Waals surface area contributed by atoms with Crippen LogP contribution in [0.3, 0.4) is 0 Å². The molecule has 1 saturated carbocycles. The second-order valence-corrected chi connectivity index (χ2v) is 5.45. The zero-order chi connectivity index (χ0) is 14.3. The van der Waals surface area contributed by atoms with E-state index in [4.69, 9.17) is 16.3 Å². The molecule has 104 valence electrons. The highest BCUT2D eigenvalue weighted by molar-refractivity contribution is 6.30. The number of halogens is 2. The van der Waals surface area contributed by atoms with Gasteiger partial charge in [-0.05, 0) is 50.5 Å². The largest absolute Gasteiger partial charge is 0.438 e. The van der Waals surface area contributed by atoms with Gasteiger partial charge in [-0.1, -0.05) is 11.6 Å². The number of aromatic nitrogens is 2. The lowest BCUT2D eigenvalue weighted by molar-refractivity contribution is 0.449. The predicted octanol–water partition coefficient (Wildman–Crippen LogP) is 4.56. The lowest BCUT2D eigenvalue weighted by Gasteiger charge is -2.12. The van der Waals surface area contributed by atoms with Gasteiger partial charge in [0.2, 0.25) is 5.88 Å². The van der Waals surface area contributed by atoms with Gasteiger partial charge in [-0.2, -0.15) is 4.98 Å². The van der Waals surface area contributed by atoms with Crippen LogP contribution in [0.4, 0.5) is 4.39 Å². The molecule has 1 aromatic heterocycles. The summed E-state index contributed by atoms with van der Waals surface area (Å²) in [6, 6.07) is 4.38. The van der Waals surface area contributed by atoms with E-state index in [2.05, 4.69) is 9.97 Å². The van der Waals surface area contributed by atoms with Gasteiger partial charge in [-0.15, -0.1) is 0 Å². The van der Waals surface area contributed by atoms with Crippen LogP contribution < -0.4 is 4.74 Å². The van der Waals surface area contributed by atoms with Crippen LogP contribution in [0.5, 0.6) is 11.6 Å². The van der Waals surface area contributed by atoms with Crippen LogP contribution in [0.25, 0.3) is 0 Å². The Kier molecular flexibility index (Phi) is 3.34. The molecule has 0 N–H and O–H groups in total. The summed E-state index contributed by atoms with van der Waals surface area (Å²) < 4.78 is 18.9. The van der Waals surface area contributed by atoms with Gasteiger partial charge in [0.25, 0.3) is 0 Å². The van der Waals surface area contributed by atoms with Crippen molar-refractivity contribution >= 4 is 11.6 Å². The van der Waals surface area contributed by atoms with E-state index < -0.39 is 0 Å². The molecule has 3 nitrogen and oxygen atoms in total. The SMILES string of the molecule is Cc1cc(F)ccc1Oc1nc(C2CC2)nc(Cl)c1C. The number of hydrogen-bond donors (Lipinski definition) is 0. The van der Waals surface area contributed by atoms with E-state index in [9.17, 15) is 4.39 Å². The fourth-order valence-electron chi connectivity index (χ4n) is 1.94. The number of benzene rings is 1. The van der Waals surface area contributed by atoms with E-state index in [1.807, 2.05) is 6.92 Å². The van der Waals surface area contributed by atoms with Crippen LogP contribution in [-0.2, 0) is 0 Å². The van der Waals surface area contributed by atoms with Gasteiger partial charge < -0.3 is 4.74 Å². The molecule has 0 amide bonds. The van der Waals surface area contributed by atoms with Gasteiger partial charge in [0.15, 0.2) is 0 Å². The maximum absolute atomic E-state index is 13.1. The minimum absolute atomic E-state index is 0.286. The Balaban J connectivity index is 1.97. The Morgan fingerprint density at radius 1 is 1.25 bits per heavy atom. The molecule has 0 spiro atoms. The predicted molar refractivity (Wildman–Crippen MR) is 75.0 cm³/mol. The highest BCUT2D eigenvalue weighted by Gasteiger charge is 2.28. The number of rotatable bonds is 3. The van der Waals surface area contributed by atoms with Gasteiger partial charge in [-0.3, -0.25) is 0 Å². The Hall–Kier alpha value is -1.68.